The van der Waals surface area contributed by atoms with Crippen molar-refractivity contribution in [3.63, 3.8) is 0 Å². The Hall–Kier alpha value is -2.73. The molecule has 0 unspecified atom stereocenters. The van der Waals surface area contributed by atoms with E-state index in [0.29, 0.717) is 11.4 Å². The smallest absolute Gasteiger partial charge is 0.335 e. The molecular weight excluding hydrogens is 282 g/mol. The molecule has 0 aliphatic rings. The van der Waals surface area contributed by atoms with Gasteiger partial charge in [-0.25, -0.2) is 10.6 Å². The predicted octanol–water partition coefficient (Wildman–Crippen LogP) is 2.62. The summed E-state index contributed by atoms with van der Waals surface area (Å²) in [4.78, 5) is 11.7. The molecule has 2 aromatic rings. The number of nitrogens with two attached hydrogens (primary N) is 1. The van der Waals surface area contributed by atoms with E-state index in [4.69, 9.17) is 10.6 Å². The first-order chi connectivity index (χ1) is 10.5. The van der Waals surface area contributed by atoms with Gasteiger partial charge in [-0.1, -0.05) is 18.2 Å². The monoisotopic (exact) mass is 301 g/mol. The molecule has 0 radical (unpaired) electrons. The molecule has 2 rings (SSSR count). The van der Waals surface area contributed by atoms with Gasteiger partial charge in [-0.2, -0.15) is 0 Å². The van der Waals surface area contributed by atoms with Gasteiger partial charge in [0.25, 0.3) is 0 Å². The molecule has 0 atom stereocenters. The number of nitrogens with one attached hydrogen (secondary N) is 1. The molecule has 2 aromatic carbocycles. The Morgan fingerprint density at radius 2 is 2.05 bits per heavy atom. The second-order valence-electron chi connectivity index (χ2n) is 4.94. The Balaban J connectivity index is 2.11. The number of aryl methyl sites for hydroxylation is 1. The molecule has 0 fully saturated rings. The zero-order valence-corrected chi connectivity index (χ0v) is 12.5. The van der Waals surface area contributed by atoms with E-state index in [1.165, 1.54) is 7.05 Å². The normalized spacial score (nSPS) is 10.1. The van der Waals surface area contributed by atoms with Crippen LogP contribution in [0, 0.1) is 6.92 Å². The van der Waals surface area contributed by atoms with Crippen molar-refractivity contribution in [2.24, 2.45) is 5.84 Å². The van der Waals surface area contributed by atoms with Crippen LogP contribution < -0.4 is 15.9 Å². The number of hydrogen-bond donors (Lipinski definition) is 3. The Labute approximate surface area is 129 Å². The Morgan fingerprint density at radius 1 is 1.32 bits per heavy atom. The lowest BCUT2D eigenvalue weighted by Crippen LogP contribution is -2.37. The van der Waals surface area contributed by atoms with Gasteiger partial charge in [-0.3, -0.25) is 5.01 Å². The van der Waals surface area contributed by atoms with Crippen molar-refractivity contribution in [1.29, 1.82) is 0 Å². The number of anilines is 1. The van der Waals surface area contributed by atoms with Gasteiger partial charge in [0.05, 0.1) is 0 Å². The largest absolute Gasteiger partial charge is 0.508 e. The number of hydrazine groups is 1. The number of amides is 2. The Kier molecular flexibility index (Phi) is 4.85. The van der Waals surface area contributed by atoms with Crippen molar-refractivity contribution in [3.05, 3.63) is 53.6 Å². The van der Waals surface area contributed by atoms with Crippen LogP contribution in [0.3, 0.4) is 0 Å². The van der Waals surface area contributed by atoms with Gasteiger partial charge in [0.15, 0.2) is 0 Å². The summed E-state index contributed by atoms with van der Waals surface area (Å²) in [5.41, 5.74) is 2.30. The summed E-state index contributed by atoms with van der Waals surface area (Å²) in [6.45, 7) is 2.14. The third kappa shape index (κ3) is 3.89. The van der Waals surface area contributed by atoms with Crippen molar-refractivity contribution in [2.45, 2.75) is 13.5 Å². The second kappa shape index (κ2) is 6.82. The summed E-state index contributed by atoms with van der Waals surface area (Å²) < 4.78 is 5.75. The maximum absolute atomic E-state index is 11.7. The number of para-hydroxylation sites is 1. The van der Waals surface area contributed by atoms with Gasteiger partial charge in [-0.05, 0) is 36.8 Å². The van der Waals surface area contributed by atoms with Gasteiger partial charge in [-0.15, -0.1) is 0 Å². The Bertz CT molecular complexity index is 671. The second-order valence-corrected chi connectivity index (χ2v) is 4.94. The van der Waals surface area contributed by atoms with Crippen molar-refractivity contribution in [3.8, 4) is 11.5 Å². The average molecular weight is 301 g/mol. The van der Waals surface area contributed by atoms with Gasteiger partial charge < -0.3 is 15.2 Å². The molecule has 0 aliphatic carbocycles. The molecule has 0 aliphatic heterocycles. The van der Waals surface area contributed by atoms with E-state index in [2.05, 4.69) is 5.32 Å². The summed E-state index contributed by atoms with van der Waals surface area (Å²) in [5.74, 6) is 6.27. The third-order valence-electron chi connectivity index (χ3n) is 3.12. The van der Waals surface area contributed by atoms with E-state index in [1.807, 2.05) is 25.1 Å². The van der Waals surface area contributed by atoms with E-state index >= 15 is 0 Å². The van der Waals surface area contributed by atoms with Crippen LogP contribution in [0.1, 0.15) is 11.1 Å². The number of nitrogens with zero attached hydrogens (tertiary/aromatic N) is 1. The minimum absolute atomic E-state index is 0.198. The molecule has 0 spiro atoms. The number of phenols is 1. The molecular formula is C16H19N3O3. The number of benzene rings is 2. The number of aromatic hydroxyl groups is 1. The number of carbonyl (C=O) groups excluding carboxylic acids is 1. The summed E-state index contributed by atoms with van der Waals surface area (Å²) in [6.07, 6.45) is 0. The fraction of sp³-hybridized carbons (Fsp3) is 0.188. The molecule has 22 heavy (non-hydrogen) atoms. The fourth-order valence-electron chi connectivity index (χ4n) is 1.92. The number of urea groups is 1. The SMILES string of the molecule is Cc1cc(O)ccc1OCc1ccccc1NC(=O)N(C)N. The van der Waals surface area contributed by atoms with E-state index in [0.717, 1.165) is 16.1 Å². The molecule has 0 saturated carbocycles. The highest BCUT2D eigenvalue weighted by Crippen LogP contribution is 2.24. The van der Waals surface area contributed by atoms with Crippen LogP contribution in [-0.2, 0) is 6.61 Å². The van der Waals surface area contributed by atoms with Crippen molar-refractivity contribution < 1.29 is 14.6 Å². The van der Waals surface area contributed by atoms with Gasteiger partial charge in [0, 0.05) is 18.3 Å². The van der Waals surface area contributed by atoms with E-state index in [1.54, 1.807) is 24.3 Å². The quantitative estimate of drug-likeness (QED) is 0.460. The van der Waals surface area contributed by atoms with Crippen molar-refractivity contribution >= 4 is 11.7 Å². The lowest BCUT2D eigenvalue weighted by atomic mass is 10.2. The van der Waals surface area contributed by atoms with Gasteiger partial charge in [0.1, 0.15) is 18.1 Å². The summed E-state index contributed by atoms with van der Waals surface area (Å²) in [7, 11) is 1.47. The molecule has 0 bridgehead atoms. The standard InChI is InChI=1S/C16H19N3O3/c1-11-9-13(20)7-8-15(11)22-10-12-5-3-4-6-14(12)18-16(21)19(2)17/h3-9,20H,10,17H2,1-2H3,(H,18,21). The minimum atomic E-state index is -0.409. The molecule has 6 heteroatoms. The van der Waals surface area contributed by atoms with Crippen LogP contribution in [0.5, 0.6) is 11.5 Å². The topological polar surface area (TPSA) is 87.8 Å². The maximum atomic E-state index is 11.7. The number of rotatable bonds is 4. The number of ether oxygens (including phenoxy) is 1. The van der Waals surface area contributed by atoms with Crippen LogP contribution in [0.15, 0.2) is 42.5 Å². The van der Waals surface area contributed by atoms with Gasteiger partial charge >= 0.3 is 6.03 Å². The lowest BCUT2D eigenvalue weighted by Gasteiger charge is -2.15. The molecule has 0 aromatic heterocycles. The molecule has 116 valence electrons. The highest BCUT2D eigenvalue weighted by molar-refractivity contribution is 5.89. The molecule has 0 heterocycles. The first-order valence-corrected chi connectivity index (χ1v) is 6.77. The van der Waals surface area contributed by atoms with E-state index < -0.39 is 6.03 Å². The van der Waals surface area contributed by atoms with Crippen LogP contribution in [-0.4, -0.2) is 23.2 Å². The maximum Gasteiger partial charge on any atom is 0.335 e. The Morgan fingerprint density at radius 3 is 2.73 bits per heavy atom. The zero-order valence-electron chi connectivity index (χ0n) is 12.5. The summed E-state index contributed by atoms with van der Waals surface area (Å²) >= 11 is 0. The van der Waals surface area contributed by atoms with Crippen molar-refractivity contribution in [1.82, 2.24) is 5.01 Å². The lowest BCUT2D eigenvalue weighted by molar-refractivity contribution is 0.223. The summed E-state index contributed by atoms with van der Waals surface area (Å²) in [5, 5.41) is 13.1. The van der Waals surface area contributed by atoms with Crippen LogP contribution >= 0.6 is 0 Å². The predicted molar refractivity (Wildman–Crippen MR) is 84.6 cm³/mol. The van der Waals surface area contributed by atoms with Crippen molar-refractivity contribution in [2.75, 3.05) is 12.4 Å². The van der Waals surface area contributed by atoms with E-state index in [-0.39, 0.29) is 12.4 Å². The fourth-order valence-corrected chi connectivity index (χ4v) is 1.92. The van der Waals surface area contributed by atoms with Gasteiger partial charge in [0.2, 0.25) is 0 Å². The third-order valence-corrected chi connectivity index (χ3v) is 3.12. The molecule has 6 nitrogen and oxygen atoms in total. The zero-order chi connectivity index (χ0) is 16.1. The highest BCUT2D eigenvalue weighted by atomic mass is 16.5. The molecule has 2 amide bonds. The molecule has 4 N–H and O–H groups in total. The number of phenolic OH excluding ortho intramolecular Hbond substituents is 1. The van der Waals surface area contributed by atoms with E-state index in [9.17, 15) is 9.90 Å². The average Bonchev–Trinajstić information content (AvgIpc) is 2.47. The van der Waals surface area contributed by atoms with Crippen LogP contribution in [0.2, 0.25) is 0 Å². The first kappa shape index (κ1) is 15.7. The van der Waals surface area contributed by atoms with Crippen LogP contribution in [0.4, 0.5) is 10.5 Å². The number of carbonyl (C=O) groups is 1. The first-order valence-electron chi connectivity index (χ1n) is 6.77. The van der Waals surface area contributed by atoms with Crippen LogP contribution in [0.25, 0.3) is 0 Å². The molecule has 0 saturated heterocycles. The summed E-state index contributed by atoms with van der Waals surface area (Å²) in [6, 6.07) is 11.8. The minimum Gasteiger partial charge on any atom is -0.508 e. The highest BCUT2D eigenvalue weighted by Gasteiger charge is 2.09. The number of hydrogen-bond acceptors (Lipinski definition) is 4.